The van der Waals surface area contributed by atoms with Gasteiger partial charge in [0.05, 0.1) is 5.69 Å². The molecule has 1 heterocycles. The summed E-state index contributed by atoms with van der Waals surface area (Å²) in [6.45, 7) is 7.26. The first-order valence-corrected chi connectivity index (χ1v) is 6.36. The van der Waals surface area contributed by atoms with E-state index in [1.807, 2.05) is 12.1 Å². The van der Waals surface area contributed by atoms with Crippen molar-refractivity contribution in [3.63, 3.8) is 0 Å². The number of rotatable bonds is 4. The van der Waals surface area contributed by atoms with Crippen molar-refractivity contribution >= 4 is 5.82 Å². The first-order valence-electron chi connectivity index (χ1n) is 6.36. The minimum Gasteiger partial charge on any atom is -0.369 e. The molecule has 0 spiro atoms. The molecular weight excluding hydrogens is 222 g/mol. The Morgan fingerprint density at radius 2 is 1.89 bits per heavy atom. The highest BCUT2D eigenvalue weighted by atomic mass is 15.2. The van der Waals surface area contributed by atoms with Gasteiger partial charge in [-0.15, -0.1) is 10.2 Å². The highest BCUT2D eigenvalue weighted by Crippen LogP contribution is 2.22. The molecule has 3 heteroatoms. The van der Waals surface area contributed by atoms with Gasteiger partial charge < -0.3 is 5.32 Å². The summed E-state index contributed by atoms with van der Waals surface area (Å²) in [4.78, 5) is 0. The second-order valence-corrected chi connectivity index (χ2v) is 4.55. The molecule has 3 nitrogen and oxygen atoms in total. The summed E-state index contributed by atoms with van der Waals surface area (Å²) in [5, 5.41) is 11.7. The Kier molecular flexibility index (Phi) is 3.92. The van der Waals surface area contributed by atoms with Crippen LogP contribution in [0, 0.1) is 13.8 Å². The van der Waals surface area contributed by atoms with Crippen molar-refractivity contribution in [3.8, 4) is 11.3 Å². The summed E-state index contributed by atoms with van der Waals surface area (Å²) < 4.78 is 0. The molecule has 0 aliphatic heterocycles. The molecule has 0 atom stereocenters. The van der Waals surface area contributed by atoms with Crippen LogP contribution in [0.5, 0.6) is 0 Å². The van der Waals surface area contributed by atoms with Crippen LogP contribution in [0.15, 0.2) is 30.3 Å². The van der Waals surface area contributed by atoms with Gasteiger partial charge in [0.2, 0.25) is 0 Å². The van der Waals surface area contributed by atoms with Crippen LogP contribution in [0.25, 0.3) is 11.3 Å². The Hall–Kier alpha value is -1.90. The highest BCUT2D eigenvalue weighted by molar-refractivity contribution is 5.64. The fraction of sp³-hybridized carbons (Fsp3) is 0.333. The summed E-state index contributed by atoms with van der Waals surface area (Å²) in [7, 11) is 0. The van der Waals surface area contributed by atoms with E-state index in [9.17, 15) is 0 Å². The SMILES string of the molecule is CCCNc1ccc(-c2ccc(C)cc2C)nn1. The fourth-order valence-corrected chi connectivity index (χ4v) is 1.92. The molecule has 1 aromatic carbocycles. The number of nitrogens with one attached hydrogen (secondary N) is 1. The standard InChI is InChI=1S/C15H19N3/c1-4-9-16-15-8-7-14(17-18-15)13-6-5-11(2)10-12(13)3/h5-8,10H,4,9H2,1-3H3,(H,16,18). The van der Waals surface area contributed by atoms with Crippen LogP contribution < -0.4 is 5.32 Å². The molecule has 2 aromatic rings. The second-order valence-electron chi connectivity index (χ2n) is 4.55. The van der Waals surface area contributed by atoms with Crippen molar-refractivity contribution in [2.75, 3.05) is 11.9 Å². The van der Waals surface area contributed by atoms with Gasteiger partial charge in [-0.3, -0.25) is 0 Å². The zero-order valence-electron chi connectivity index (χ0n) is 11.2. The summed E-state index contributed by atoms with van der Waals surface area (Å²) in [6, 6.07) is 10.4. The lowest BCUT2D eigenvalue weighted by Crippen LogP contribution is -2.03. The van der Waals surface area contributed by atoms with E-state index in [1.54, 1.807) is 0 Å². The summed E-state index contributed by atoms with van der Waals surface area (Å²) in [6.07, 6.45) is 1.08. The van der Waals surface area contributed by atoms with E-state index in [0.29, 0.717) is 0 Å². The average Bonchev–Trinajstić information content (AvgIpc) is 2.37. The van der Waals surface area contributed by atoms with Crippen LogP contribution >= 0.6 is 0 Å². The molecule has 0 fully saturated rings. The van der Waals surface area contributed by atoms with Crippen molar-refractivity contribution in [1.82, 2.24) is 10.2 Å². The summed E-state index contributed by atoms with van der Waals surface area (Å²) in [5.41, 5.74) is 4.58. The molecule has 0 bridgehead atoms. The molecular formula is C15H19N3. The van der Waals surface area contributed by atoms with E-state index in [2.05, 4.69) is 54.5 Å². The van der Waals surface area contributed by atoms with Crippen molar-refractivity contribution in [3.05, 3.63) is 41.5 Å². The Bertz CT molecular complexity index is 518. The van der Waals surface area contributed by atoms with Crippen LogP contribution in [0.1, 0.15) is 24.5 Å². The largest absolute Gasteiger partial charge is 0.369 e. The van der Waals surface area contributed by atoms with Crippen molar-refractivity contribution in [2.45, 2.75) is 27.2 Å². The van der Waals surface area contributed by atoms with Gasteiger partial charge >= 0.3 is 0 Å². The number of aryl methyl sites for hydroxylation is 2. The third kappa shape index (κ3) is 2.86. The maximum Gasteiger partial charge on any atom is 0.148 e. The van der Waals surface area contributed by atoms with Gasteiger partial charge in [0, 0.05) is 12.1 Å². The smallest absolute Gasteiger partial charge is 0.148 e. The quantitative estimate of drug-likeness (QED) is 0.889. The van der Waals surface area contributed by atoms with Crippen molar-refractivity contribution < 1.29 is 0 Å². The predicted octanol–water partition coefficient (Wildman–Crippen LogP) is 3.58. The predicted molar refractivity (Wildman–Crippen MR) is 75.7 cm³/mol. The van der Waals surface area contributed by atoms with Gasteiger partial charge in [-0.1, -0.05) is 30.7 Å². The third-order valence-electron chi connectivity index (χ3n) is 2.88. The molecule has 0 saturated heterocycles. The van der Waals surface area contributed by atoms with Gasteiger partial charge in [0.1, 0.15) is 5.82 Å². The van der Waals surface area contributed by atoms with E-state index >= 15 is 0 Å². The van der Waals surface area contributed by atoms with Gasteiger partial charge in [-0.2, -0.15) is 0 Å². The lowest BCUT2D eigenvalue weighted by molar-refractivity contribution is 0.945. The van der Waals surface area contributed by atoms with E-state index < -0.39 is 0 Å². The van der Waals surface area contributed by atoms with Crippen LogP contribution in [0.4, 0.5) is 5.82 Å². The first kappa shape index (κ1) is 12.6. The van der Waals surface area contributed by atoms with E-state index in [0.717, 1.165) is 30.0 Å². The van der Waals surface area contributed by atoms with E-state index in [-0.39, 0.29) is 0 Å². The lowest BCUT2D eigenvalue weighted by Gasteiger charge is -2.07. The maximum absolute atomic E-state index is 4.28. The van der Waals surface area contributed by atoms with Crippen LogP contribution in [0.2, 0.25) is 0 Å². The Morgan fingerprint density at radius 1 is 1.06 bits per heavy atom. The second kappa shape index (κ2) is 5.63. The van der Waals surface area contributed by atoms with Gasteiger partial charge in [-0.25, -0.2) is 0 Å². The van der Waals surface area contributed by atoms with Crippen molar-refractivity contribution in [2.24, 2.45) is 0 Å². The Balaban J connectivity index is 2.23. The molecule has 1 N–H and O–H groups in total. The zero-order chi connectivity index (χ0) is 13.0. The third-order valence-corrected chi connectivity index (χ3v) is 2.88. The topological polar surface area (TPSA) is 37.8 Å². The van der Waals surface area contributed by atoms with Gasteiger partial charge in [-0.05, 0) is 38.0 Å². The van der Waals surface area contributed by atoms with Crippen molar-refractivity contribution in [1.29, 1.82) is 0 Å². The number of aromatic nitrogens is 2. The highest BCUT2D eigenvalue weighted by Gasteiger charge is 2.04. The van der Waals surface area contributed by atoms with E-state index in [4.69, 9.17) is 0 Å². The molecule has 18 heavy (non-hydrogen) atoms. The number of anilines is 1. The Labute approximate surface area is 108 Å². The van der Waals surface area contributed by atoms with Crippen LogP contribution in [-0.2, 0) is 0 Å². The minimum absolute atomic E-state index is 0.838. The minimum atomic E-state index is 0.838. The van der Waals surface area contributed by atoms with E-state index in [1.165, 1.54) is 11.1 Å². The molecule has 0 aliphatic carbocycles. The summed E-state index contributed by atoms with van der Waals surface area (Å²) >= 11 is 0. The first-order chi connectivity index (χ1) is 8.70. The molecule has 0 unspecified atom stereocenters. The maximum atomic E-state index is 4.28. The van der Waals surface area contributed by atoms with Crippen LogP contribution in [0.3, 0.4) is 0 Å². The monoisotopic (exact) mass is 241 g/mol. The Morgan fingerprint density at radius 3 is 2.50 bits per heavy atom. The normalized spacial score (nSPS) is 10.4. The number of nitrogens with zero attached hydrogens (tertiary/aromatic N) is 2. The zero-order valence-corrected chi connectivity index (χ0v) is 11.2. The molecule has 1 aromatic heterocycles. The average molecular weight is 241 g/mol. The molecule has 0 radical (unpaired) electrons. The van der Waals surface area contributed by atoms with Gasteiger partial charge in [0.15, 0.2) is 0 Å². The lowest BCUT2D eigenvalue weighted by atomic mass is 10.0. The molecule has 0 aliphatic rings. The molecule has 0 saturated carbocycles. The summed E-state index contributed by atoms with van der Waals surface area (Å²) in [5.74, 6) is 0.838. The molecule has 0 amide bonds. The number of benzene rings is 1. The number of hydrogen-bond acceptors (Lipinski definition) is 3. The van der Waals surface area contributed by atoms with Gasteiger partial charge in [0.25, 0.3) is 0 Å². The molecule has 94 valence electrons. The molecule has 2 rings (SSSR count). The number of hydrogen-bond donors (Lipinski definition) is 1. The fourth-order valence-electron chi connectivity index (χ4n) is 1.92. The van der Waals surface area contributed by atoms with Crippen LogP contribution in [-0.4, -0.2) is 16.7 Å².